The molecule has 3 unspecified atom stereocenters. The van der Waals surface area contributed by atoms with Gasteiger partial charge in [0.25, 0.3) is 0 Å². The maximum absolute atomic E-state index is 6.15. The molecule has 1 heterocycles. The fraction of sp³-hybridized carbons (Fsp3) is 0.667. The second-order valence-corrected chi connectivity index (χ2v) is 7.07. The molecule has 0 amide bonds. The quantitative estimate of drug-likeness (QED) is 0.829. The van der Waals surface area contributed by atoms with Crippen molar-refractivity contribution < 1.29 is 0 Å². The summed E-state index contributed by atoms with van der Waals surface area (Å²) in [5.74, 6) is 0.853. The van der Waals surface area contributed by atoms with Gasteiger partial charge in [0.1, 0.15) is 0 Å². The number of halogens is 2. The van der Waals surface area contributed by atoms with E-state index in [4.69, 9.17) is 23.2 Å². The molecule has 2 rings (SSSR count). The van der Waals surface area contributed by atoms with Crippen molar-refractivity contribution in [2.75, 3.05) is 0 Å². The topological polar surface area (TPSA) is 12.0 Å². The van der Waals surface area contributed by atoms with Crippen LogP contribution in [0, 0.1) is 5.92 Å². The molecule has 1 aliphatic rings. The zero-order valence-corrected chi connectivity index (χ0v) is 11.9. The first kappa shape index (κ1) is 12.7. The van der Waals surface area contributed by atoms with Gasteiger partial charge in [-0.15, -0.1) is 11.3 Å². The van der Waals surface area contributed by atoms with Gasteiger partial charge in [-0.2, -0.15) is 0 Å². The van der Waals surface area contributed by atoms with Gasteiger partial charge in [0.15, 0.2) is 0 Å². The molecule has 4 heteroatoms. The van der Waals surface area contributed by atoms with E-state index < -0.39 is 0 Å². The highest BCUT2D eigenvalue weighted by Gasteiger charge is 2.23. The molecule has 1 aromatic rings. The largest absolute Gasteiger partial charge is 0.307 e. The van der Waals surface area contributed by atoms with Crippen LogP contribution in [0.3, 0.4) is 0 Å². The predicted octanol–water partition coefficient (Wildman–Crippen LogP) is 4.89. The van der Waals surface area contributed by atoms with Crippen LogP contribution < -0.4 is 5.32 Å². The fourth-order valence-corrected chi connectivity index (χ4v) is 4.10. The first-order valence-corrected chi connectivity index (χ1v) is 7.34. The van der Waals surface area contributed by atoms with E-state index in [-0.39, 0.29) is 0 Å². The lowest BCUT2D eigenvalue weighted by Crippen LogP contribution is -2.29. The number of hydrogen-bond donors (Lipinski definition) is 1. The van der Waals surface area contributed by atoms with Crippen LogP contribution in [0.4, 0.5) is 0 Å². The van der Waals surface area contributed by atoms with Gasteiger partial charge in [0.05, 0.1) is 8.67 Å². The SMILES string of the molecule is CC1CCC(NC(C)c2cc(Cl)sc2Cl)C1. The Morgan fingerprint density at radius 1 is 1.44 bits per heavy atom. The molecule has 90 valence electrons. The third-order valence-corrected chi connectivity index (χ3v) is 4.85. The summed E-state index contributed by atoms with van der Waals surface area (Å²) in [7, 11) is 0. The highest BCUT2D eigenvalue weighted by molar-refractivity contribution is 7.20. The Balaban J connectivity index is 1.97. The van der Waals surface area contributed by atoms with Crippen LogP contribution in [0.15, 0.2) is 6.07 Å². The molecular formula is C12H17Cl2NS. The summed E-state index contributed by atoms with van der Waals surface area (Å²) in [4.78, 5) is 0. The summed E-state index contributed by atoms with van der Waals surface area (Å²) < 4.78 is 1.59. The number of rotatable bonds is 3. The average Bonchev–Trinajstić information content (AvgIpc) is 2.73. The second-order valence-electron chi connectivity index (χ2n) is 4.78. The smallest absolute Gasteiger partial charge is 0.0991 e. The van der Waals surface area contributed by atoms with Crippen molar-refractivity contribution in [3.63, 3.8) is 0 Å². The lowest BCUT2D eigenvalue weighted by molar-refractivity contribution is 0.450. The summed E-state index contributed by atoms with van der Waals surface area (Å²) in [6, 6.07) is 2.91. The Bertz CT molecular complexity index is 364. The zero-order valence-electron chi connectivity index (χ0n) is 9.59. The summed E-state index contributed by atoms with van der Waals surface area (Å²) in [6.45, 7) is 4.48. The minimum Gasteiger partial charge on any atom is -0.307 e. The van der Waals surface area contributed by atoms with Gasteiger partial charge >= 0.3 is 0 Å². The Morgan fingerprint density at radius 2 is 2.19 bits per heavy atom. The monoisotopic (exact) mass is 277 g/mol. The van der Waals surface area contributed by atoms with Crippen molar-refractivity contribution >= 4 is 34.5 Å². The third-order valence-electron chi connectivity index (χ3n) is 3.33. The van der Waals surface area contributed by atoms with E-state index in [1.807, 2.05) is 6.07 Å². The van der Waals surface area contributed by atoms with Crippen LogP contribution in [-0.2, 0) is 0 Å². The van der Waals surface area contributed by atoms with Crippen molar-refractivity contribution in [3.05, 3.63) is 20.3 Å². The van der Waals surface area contributed by atoms with E-state index in [0.717, 1.165) is 20.2 Å². The molecule has 0 aromatic carbocycles. The first-order valence-electron chi connectivity index (χ1n) is 5.77. The normalized spacial score (nSPS) is 27.2. The number of hydrogen-bond acceptors (Lipinski definition) is 2. The highest BCUT2D eigenvalue weighted by Crippen LogP contribution is 2.36. The minimum atomic E-state index is 0.298. The number of nitrogens with one attached hydrogen (secondary N) is 1. The number of thiophene rings is 1. The van der Waals surface area contributed by atoms with E-state index in [1.165, 1.54) is 30.6 Å². The minimum absolute atomic E-state index is 0.298. The van der Waals surface area contributed by atoms with Crippen molar-refractivity contribution in [1.82, 2.24) is 5.32 Å². The molecule has 1 saturated carbocycles. The van der Waals surface area contributed by atoms with Gasteiger partial charge in [-0.1, -0.05) is 30.1 Å². The standard InChI is InChI=1S/C12H17Cl2NS/c1-7-3-4-9(5-7)15-8(2)10-6-11(13)16-12(10)14/h6-9,15H,3-5H2,1-2H3. The van der Waals surface area contributed by atoms with Gasteiger partial charge in [0, 0.05) is 12.1 Å². The maximum Gasteiger partial charge on any atom is 0.0991 e. The van der Waals surface area contributed by atoms with E-state index in [0.29, 0.717) is 12.1 Å². The maximum atomic E-state index is 6.15. The van der Waals surface area contributed by atoms with Crippen LogP contribution in [0.25, 0.3) is 0 Å². The van der Waals surface area contributed by atoms with E-state index >= 15 is 0 Å². The third kappa shape index (κ3) is 2.92. The second kappa shape index (κ2) is 5.26. The molecule has 1 nitrogen and oxygen atoms in total. The fourth-order valence-electron chi connectivity index (χ4n) is 2.45. The van der Waals surface area contributed by atoms with Gasteiger partial charge in [-0.05, 0) is 43.7 Å². The molecule has 0 aliphatic heterocycles. The lowest BCUT2D eigenvalue weighted by atomic mass is 10.1. The van der Waals surface area contributed by atoms with Crippen LogP contribution >= 0.6 is 34.5 Å². The first-order chi connectivity index (χ1) is 7.56. The Morgan fingerprint density at radius 3 is 2.69 bits per heavy atom. The van der Waals surface area contributed by atoms with Crippen molar-refractivity contribution in [1.29, 1.82) is 0 Å². The van der Waals surface area contributed by atoms with Crippen LogP contribution in [-0.4, -0.2) is 6.04 Å². The summed E-state index contributed by atoms with van der Waals surface area (Å²) >= 11 is 13.6. The lowest BCUT2D eigenvalue weighted by Gasteiger charge is -2.19. The zero-order chi connectivity index (χ0) is 11.7. The molecule has 0 radical (unpaired) electrons. The van der Waals surface area contributed by atoms with Crippen LogP contribution in [0.5, 0.6) is 0 Å². The summed E-state index contributed by atoms with van der Waals surface area (Å²) in [5.41, 5.74) is 1.14. The van der Waals surface area contributed by atoms with E-state index in [9.17, 15) is 0 Å². The van der Waals surface area contributed by atoms with Gasteiger partial charge in [-0.25, -0.2) is 0 Å². The van der Waals surface area contributed by atoms with Crippen molar-refractivity contribution in [2.24, 2.45) is 5.92 Å². The van der Waals surface area contributed by atoms with Gasteiger partial charge in [0.2, 0.25) is 0 Å². The Hall–Kier alpha value is 0.240. The predicted molar refractivity (Wildman–Crippen MR) is 72.7 cm³/mol. The van der Waals surface area contributed by atoms with Gasteiger partial charge in [-0.3, -0.25) is 0 Å². The summed E-state index contributed by atoms with van der Waals surface area (Å²) in [6.07, 6.45) is 3.89. The Labute approximate surface area is 111 Å². The average molecular weight is 278 g/mol. The molecule has 0 saturated heterocycles. The molecule has 1 fully saturated rings. The van der Waals surface area contributed by atoms with Crippen LogP contribution in [0.1, 0.15) is 44.7 Å². The van der Waals surface area contributed by atoms with E-state index in [2.05, 4.69) is 19.2 Å². The molecule has 16 heavy (non-hydrogen) atoms. The highest BCUT2D eigenvalue weighted by atomic mass is 35.5. The van der Waals surface area contributed by atoms with Crippen molar-refractivity contribution in [3.8, 4) is 0 Å². The summed E-state index contributed by atoms with van der Waals surface area (Å²) in [5, 5.41) is 3.64. The molecule has 1 aliphatic carbocycles. The van der Waals surface area contributed by atoms with Crippen molar-refractivity contribution in [2.45, 2.75) is 45.2 Å². The molecule has 0 spiro atoms. The van der Waals surface area contributed by atoms with E-state index in [1.54, 1.807) is 0 Å². The Kier molecular flexibility index (Phi) is 4.17. The molecule has 1 N–H and O–H groups in total. The van der Waals surface area contributed by atoms with Gasteiger partial charge < -0.3 is 5.32 Å². The molecule has 0 bridgehead atoms. The molecule has 1 aromatic heterocycles. The van der Waals surface area contributed by atoms with Crippen LogP contribution in [0.2, 0.25) is 8.67 Å². The molecular weight excluding hydrogens is 261 g/mol. The molecule has 3 atom stereocenters.